The van der Waals surface area contributed by atoms with Crippen LogP contribution in [0.1, 0.15) is 47.4 Å². The Hall–Kier alpha value is -1.96. The van der Waals surface area contributed by atoms with E-state index >= 15 is 0 Å². The van der Waals surface area contributed by atoms with Crippen molar-refractivity contribution in [1.29, 1.82) is 0 Å². The summed E-state index contributed by atoms with van der Waals surface area (Å²) in [5.74, 6) is -1.01. The molecule has 0 radical (unpaired) electrons. The molecule has 0 saturated carbocycles. The van der Waals surface area contributed by atoms with E-state index in [9.17, 15) is 14.7 Å². The van der Waals surface area contributed by atoms with E-state index in [1.165, 1.54) is 0 Å². The van der Waals surface area contributed by atoms with Crippen molar-refractivity contribution in [1.82, 2.24) is 25.2 Å². The Morgan fingerprint density at radius 3 is 2.62 bits per heavy atom. The van der Waals surface area contributed by atoms with Gasteiger partial charge in [0.25, 0.3) is 0 Å². The van der Waals surface area contributed by atoms with Crippen LogP contribution in [-0.4, -0.2) is 63.6 Å². The number of likely N-dealkylation sites (N-methyl/N-ethyl adjacent to an activating group) is 1. The third-order valence-electron chi connectivity index (χ3n) is 4.35. The van der Waals surface area contributed by atoms with Crippen LogP contribution in [0, 0.1) is 0 Å². The van der Waals surface area contributed by atoms with Gasteiger partial charge in [-0.2, -0.15) is 0 Å². The molecule has 0 aliphatic carbocycles. The molecule has 8 heteroatoms. The molecule has 0 spiro atoms. The highest BCUT2D eigenvalue weighted by Crippen LogP contribution is 2.32. The standard InChI is InChI=1S/C13H19N5O3/c1-17-7-4-9(12(17)19)18-11(8-2-5-14-6-3-8)10(13(20)21)15-16-18/h8-9,14H,2-7H2,1H3,(H,20,21). The van der Waals surface area contributed by atoms with E-state index in [-0.39, 0.29) is 17.5 Å². The molecule has 1 amide bonds. The summed E-state index contributed by atoms with van der Waals surface area (Å²) in [4.78, 5) is 25.3. The van der Waals surface area contributed by atoms with Crippen molar-refractivity contribution in [3.05, 3.63) is 11.4 Å². The second-order valence-corrected chi connectivity index (χ2v) is 5.66. The van der Waals surface area contributed by atoms with Gasteiger partial charge >= 0.3 is 5.97 Å². The Bertz CT molecular complexity index is 564. The van der Waals surface area contributed by atoms with Crippen LogP contribution < -0.4 is 5.32 Å². The molecule has 0 bridgehead atoms. The quantitative estimate of drug-likeness (QED) is 0.803. The third-order valence-corrected chi connectivity index (χ3v) is 4.35. The molecule has 1 unspecified atom stereocenters. The van der Waals surface area contributed by atoms with Gasteiger partial charge in [0.1, 0.15) is 6.04 Å². The number of aromatic carboxylic acids is 1. The number of nitrogens with zero attached hydrogens (tertiary/aromatic N) is 4. The SMILES string of the molecule is CN1CCC(n2nnc(C(=O)O)c2C2CCNCC2)C1=O. The summed E-state index contributed by atoms with van der Waals surface area (Å²) >= 11 is 0. The van der Waals surface area contributed by atoms with E-state index < -0.39 is 12.0 Å². The van der Waals surface area contributed by atoms with Gasteiger partial charge in [0.2, 0.25) is 5.91 Å². The average Bonchev–Trinajstić information content (AvgIpc) is 3.05. The lowest BCUT2D eigenvalue weighted by Gasteiger charge is -2.24. The van der Waals surface area contributed by atoms with Crippen LogP contribution in [0.25, 0.3) is 0 Å². The first-order chi connectivity index (χ1) is 10.1. The number of carboxylic acid groups (broad SMARTS) is 1. The number of piperidine rings is 1. The number of hydrogen-bond acceptors (Lipinski definition) is 5. The van der Waals surface area contributed by atoms with Crippen LogP contribution >= 0.6 is 0 Å². The number of carbonyl (C=O) groups excluding carboxylic acids is 1. The fourth-order valence-corrected chi connectivity index (χ4v) is 3.19. The zero-order valence-corrected chi connectivity index (χ0v) is 11.9. The van der Waals surface area contributed by atoms with Crippen LogP contribution in [0.3, 0.4) is 0 Å². The molecule has 1 aromatic heterocycles. The molecule has 2 fully saturated rings. The van der Waals surface area contributed by atoms with Crippen molar-refractivity contribution >= 4 is 11.9 Å². The van der Waals surface area contributed by atoms with Crippen molar-refractivity contribution in [3.63, 3.8) is 0 Å². The van der Waals surface area contributed by atoms with Gasteiger partial charge in [0.15, 0.2) is 5.69 Å². The first-order valence-corrected chi connectivity index (χ1v) is 7.23. The zero-order valence-electron chi connectivity index (χ0n) is 11.9. The fraction of sp³-hybridized carbons (Fsp3) is 0.692. The summed E-state index contributed by atoms with van der Waals surface area (Å²) in [6.07, 6.45) is 2.32. The van der Waals surface area contributed by atoms with E-state index in [2.05, 4.69) is 15.6 Å². The Balaban J connectivity index is 2.00. The predicted molar refractivity (Wildman–Crippen MR) is 73.1 cm³/mol. The summed E-state index contributed by atoms with van der Waals surface area (Å²) in [6.45, 7) is 2.35. The molecule has 3 heterocycles. The van der Waals surface area contributed by atoms with Crippen molar-refractivity contribution in [3.8, 4) is 0 Å². The highest BCUT2D eigenvalue weighted by atomic mass is 16.4. The van der Waals surface area contributed by atoms with Crippen molar-refractivity contribution < 1.29 is 14.7 Å². The minimum absolute atomic E-state index is 0.00995. The minimum Gasteiger partial charge on any atom is -0.476 e. The first-order valence-electron chi connectivity index (χ1n) is 7.23. The number of carboxylic acids is 1. The topological polar surface area (TPSA) is 100 Å². The second-order valence-electron chi connectivity index (χ2n) is 5.66. The molecule has 8 nitrogen and oxygen atoms in total. The predicted octanol–water partition coefficient (Wildman–Crippen LogP) is -0.153. The van der Waals surface area contributed by atoms with Crippen LogP contribution in [0.15, 0.2) is 0 Å². The minimum atomic E-state index is -1.08. The Labute approximate surface area is 122 Å². The number of likely N-dealkylation sites (tertiary alicyclic amines) is 1. The molecule has 2 N–H and O–H groups in total. The van der Waals surface area contributed by atoms with Crippen LogP contribution in [0.4, 0.5) is 0 Å². The van der Waals surface area contributed by atoms with Crippen LogP contribution in [-0.2, 0) is 4.79 Å². The Morgan fingerprint density at radius 1 is 1.33 bits per heavy atom. The molecular weight excluding hydrogens is 274 g/mol. The fourth-order valence-electron chi connectivity index (χ4n) is 3.19. The Morgan fingerprint density at radius 2 is 2.05 bits per heavy atom. The summed E-state index contributed by atoms with van der Waals surface area (Å²) in [5, 5.41) is 20.4. The van der Waals surface area contributed by atoms with Crippen LogP contribution in [0.2, 0.25) is 0 Å². The van der Waals surface area contributed by atoms with Gasteiger partial charge in [-0.15, -0.1) is 5.10 Å². The number of aromatic nitrogens is 3. The molecule has 3 rings (SSSR count). The summed E-state index contributed by atoms with van der Waals surface area (Å²) in [6, 6.07) is -0.416. The van der Waals surface area contributed by atoms with E-state index in [4.69, 9.17) is 0 Å². The average molecular weight is 293 g/mol. The lowest BCUT2D eigenvalue weighted by atomic mass is 9.92. The smallest absolute Gasteiger partial charge is 0.358 e. The van der Waals surface area contributed by atoms with Gasteiger partial charge in [0.05, 0.1) is 5.69 Å². The zero-order chi connectivity index (χ0) is 15.0. The monoisotopic (exact) mass is 293 g/mol. The van der Waals surface area contributed by atoms with E-state index in [0.717, 1.165) is 25.9 Å². The number of hydrogen-bond donors (Lipinski definition) is 2. The van der Waals surface area contributed by atoms with Gasteiger partial charge in [-0.3, -0.25) is 4.79 Å². The maximum absolute atomic E-state index is 12.2. The summed E-state index contributed by atoms with van der Waals surface area (Å²) in [5.41, 5.74) is 0.599. The van der Waals surface area contributed by atoms with E-state index in [1.54, 1.807) is 16.6 Å². The largest absolute Gasteiger partial charge is 0.476 e. The van der Waals surface area contributed by atoms with Gasteiger partial charge in [0, 0.05) is 19.5 Å². The summed E-state index contributed by atoms with van der Waals surface area (Å²) < 4.78 is 1.56. The van der Waals surface area contributed by atoms with Crippen molar-refractivity contribution in [2.75, 3.05) is 26.7 Å². The van der Waals surface area contributed by atoms with E-state index in [1.807, 2.05) is 0 Å². The van der Waals surface area contributed by atoms with E-state index in [0.29, 0.717) is 18.7 Å². The maximum Gasteiger partial charge on any atom is 0.358 e. The van der Waals surface area contributed by atoms with Gasteiger partial charge < -0.3 is 15.3 Å². The number of nitrogens with one attached hydrogen (secondary N) is 1. The summed E-state index contributed by atoms with van der Waals surface area (Å²) in [7, 11) is 1.75. The molecule has 21 heavy (non-hydrogen) atoms. The first kappa shape index (κ1) is 14.0. The van der Waals surface area contributed by atoms with Gasteiger partial charge in [-0.25, -0.2) is 9.48 Å². The molecule has 1 aromatic rings. The van der Waals surface area contributed by atoms with Gasteiger partial charge in [-0.1, -0.05) is 5.21 Å². The molecule has 2 aliphatic heterocycles. The highest BCUT2D eigenvalue weighted by Gasteiger charge is 2.37. The highest BCUT2D eigenvalue weighted by molar-refractivity contribution is 5.87. The number of amides is 1. The molecule has 2 aliphatic rings. The Kier molecular flexibility index (Phi) is 3.62. The second kappa shape index (κ2) is 5.44. The van der Waals surface area contributed by atoms with Crippen LogP contribution in [0.5, 0.6) is 0 Å². The molecule has 2 saturated heterocycles. The lowest BCUT2D eigenvalue weighted by Crippen LogP contribution is -2.31. The molecule has 0 aromatic carbocycles. The molecule has 114 valence electrons. The normalized spacial score (nSPS) is 23.8. The third kappa shape index (κ3) is 2.39. The van der Waals surface area contributed by atoms with Crippen molar-refractivity contribution in [2.24, 2.45) is 0 Å². The maximum atomic E-state index is 12.2. The number of rotatable bonds is 3. The van der Waals surface area contributed by atoms with Gasteiger partial charge in [-0.05, 0) is 32.4 Å². The number of carbonyl (C=O) groups is 2. The van der Waals surface area contributed by atoms with Crippen molar-refractivity contribution in [2.45, 2.75) is 31.2 Å². The molecular formula is C13H19N5O3. The molecule has 1 atom stereocenters. The lowest BCUT2D eigenvalue weighted by molar-refractivity contribution is -0.129.